The molecule has 0 atom stereocenters. The van der Waals surface area contributed by atoms with E-state index in [9.17, 15) is 0 Å². The number of nitrogens with zero attached hydrogens (tertiary/aromatic N) is 8. The van der Waals surface area contributed by atoms with Crippen molar-refractivity contribution in [3.8, 4) is 34.3 Å². The largest absolute Gasteiger partial charge is 0.309 e. The van der Waals surface area contributed by atoms with E-state index < -0.39 is 0 Å². The van der Waals surface area contributed by atoms with Crippen LogP contribution in [0.25, 0.3) is 281 Å². The molecule has 0 saturated heterocycles. The Balaban J connectivity index is 0.693. The fourth-order valence-electron chi connectivity index (χ4n) is 22.4. The Morgan fingerprint density at radius 1 is 0.208 bits per heavy atom. The molecule has 0 fully saturated rings. The Morgan fingerprint density at radius 3 is 1.22 bits per heavy atom. The SMILES string of the molecule is c1ccc2c(c1)ccc1c2c2ccccc2n1-c1cc(-n2c3ccc4ccc(-c5ccc6c(c5)c5c7ccccc7ccc5n6-c5nc(-n6c7ccc8ccccc8c7c7c8c9ccccc9n9c%10ccccc%10c(cc76)c89)nc6c5sc5ccccc56)cc4c3c3c4c5ccccc5n5c6ccccc6c(cc32)c45)c2sc3ccccc3c2c1. The number of rotatable bonds is 5. The monoisotopic (exact) mass is 1550 g/mol. The molecule has 8 nitrogen and oxygen atoms in total. The molecule has 0 aliphatic heterocycles. The summed E-state index contributed by atoms with van der Waals surface area (Å²) in [6.45, 7) is 0. The van der Waals surface area contributed by atoms with Crippen LogP contribution in [0, 0.1) is 0 Å². The van der Waals surface area contributed by atoms with E-state index in [2.05, 4.69) is 379 Å². The topological polar surface area (TPSA) is 54.3 Å². The molecule has 0 unspecified atom stereocenters. The van der Waals surface area contributed by atoms with Gasteiger partial charge >= 0.3 is 0 Å². The van der Waals surface area contributed by atoms with Crippen LogP contribution in [0.2, 0.25) is 0 Å². The molecule has 30 rings (SSSR count). The summed E-state index contributed by atoms with van der Waals surface area (Å²) in [7, 11) is 0. The van der Waals surface area contributed by atoms with Gasteiger partial charge in [0.1, 0.15) is 0 Å². The molecule has 0 spiro atoms. The van der Waals surface area contributed by atoms with E-state index in [1.807, 2.05) is 11.3 Å². The highest BCUT2D eigenvalue weighted by molar-refractivity contribution is 7.26. The van der Waals surface area contributed by atoms with Gasteiger partial charge in [0.15, 0.2) is 5.82 Å². The van der Waals surface area contributed by atoms with Crippen LogP contribution in [0.5, 0.6) is 0 Å². The molecule has 0 aliphatic carbocycles. The van der Waals surface area contributed by atoms with E-state index in [0.717, 1.165) is 81.6 Å². The number of benzene rings is 19. The highest BCUT2D eigenvalue weighted by Crippen LogP contribution is 2.54. The molecule has 0 amide bonds. The van der Waals surface area contributed by atoms with Crippen molar-refractivity contribution in [2.75, 3.05) is 0 Å². The Labute approximate surface area is 687 Å². The molecular weight excluding hydrogens is 1500 g/mol. The van der Waals surface area contributed by atoms with E-state index in [0.29, 0.717) is 5.95 Å². The average Bonchev–Trinajstić information content (AvgIpc) is 1.49. The normalized spacial score (nSPS) is 12.8. The van der Waals surface area contributed by atoms with Gasteiger partial charge in [0.25, 0.3) is 0 Å². The van der Waals surface area contributed by atoms with Crippen LogP contribution in [0.3, 0.4) is 0 Å². The van der Waals surface area contributed by atoms with Crippen LogP contribution in [0.4, 0.5) is 0 Å². The Hall–Kier alpha value is -15.5. The molecule has 11 aromatic heterocycles. The molecule has 0 aliphatic rings. The van der Waals surface area contributed by atoms with Crippen LogP contribution in [0.1, 0.15) is 0 Å². The third-order valence-corrected chi connectivity index (χ3v) is 29.5. The second-order valence-electron chi connectivity index (χ2n) is 32.9. The van der Waals surface area contributed by atoms with Gasteiger partial charge in [-0.2, -0.15) is 4.98 Å². The van der Waals surface area contributed by atoms with Crippen molar-refractivity contribution >= 4 is 270 Å². The molecule has 550 valence electrons. The van der Waals surface area contributed by atoms with Gasteiger partial charge in [-0.05, 0) is 163 Å². The number of fused-ring (bicyclic) bond motifs is 40. The standard InChI is InChI=1S/C110H58N8S2/c1-4-24-66-59(21-1)43-49-87-96(66)72-30-9-16-36-83(72)113(87)65-55-79-71-29-12-19-39-94(71)119-107(79)93(56-65)114-89-51-46-62-41-42-63(53-76(62)99(89)102-91(114)57-77-69-27-7-14-34-81(69)115-84-37-17-10-31-73(84)100(102)105(77)115)64-47-48-86-80(54-64)97-67-25-5-2-22-60(67)44-50-88(97)117(86)109-108-104(75-33-13-20-40-95(75)120-108)111-110(112-109)118-90-52-45-61-23-3-6-26-68(61)98(90)103-92(118)58-78-70-28-8-15-35-82(70)116-85-38-18-11-32-74(85)101(103)106(78)116/h1-58H. The Morgan fingerprint density at radius 2 is 0.608 bits per heavy atom. The third-order valence-electron chi connectivity index (χ3n) is 27.2. The van der Waals surface area contributed by atoms with E-state index in [1.165, 1.54) is 194 Å². The summed E-state index contributed by atoms with van der Waals surface area (Å²) < 4.78 is 19.8. The second kappa shape index (κ2) is 22.4. The van der Waals surface area contributed by atoms with Gasteiger partial charge in [-0.3, -0.25) is 9.13 Å². The minimum absolute atomic E-state index is 0.622. The van der Waals surface area contributed by atoms with Crippen LogP contribution in [0.15, 0.2) is 352 Å². The lowest BCUT2D eigenvalue weighted by Gasteiger charge is -2.15. The van der Waals surface area contributed by atoms with Crippen molar-refractivity contribution in [1.82, 2.24) is 37.0 Å². The minimum Gasteiger partial charge on any atom is -0.309 e. The Kier molecular flexibility index (Phi) is 11.7. The van der Waals surface area contributed by atoms with E-state index >= 15 is 0 Å². The first-order chi connectivity index (χ1) is 59.6. The summed E-state index contributed by atoms with van der Waals surface area (Å²) in [6, 6.07) is 133. The Bertz CT molecular complexity index is 9980. The lowest BCUT2D eigenvalue weighted by atomic mass is 9.95. The molecule has 120 heavy (non-hydrogen) atoms. The number of aromatic nitrogens is 8. The first-order valence-corrected chi connectivity index (χ1v) is 42.8. The molecule has 0 radical (unpaired) electrons. The van der Waals surface area contributed by atoms with Crippen molar-refractivity contribution < 1.29 is 0 Å². The van der Waals surface area contributed by atoms with Crippen molar-refractivity contribution in [1.29, 1.82) is 0 Å². The maximum Gasteiger partial charge on any atom is 0.237 e. The highest BCUT2D eigenvalue weighted by Gasteiger charge is 2.32. The molecule has 10 heteroatoms. The molecule has 0 N–H and O–H groups in total. The van der Waals surface area contributed by atoms with Gasteiger partial charge in [0, 0.05) is 117 Å². The summed E-state index contributed by atoms with van der Waals surface area (Å²) >= 11 is 3.68. The average molecular weight is 1560 g/mol. The number of para-hydroxylation sites is 5. The number of thiophene rings is 2. The zero-order chi connectivity index (χ0) is 77.3. The number of hydrogen-bond acceptors (Lipinski definition) is 4. The zero-order valence-corrected chi connectivity index (χ0v) is 65.5. The lowest BCUT2D eigenvalue weighted by molar-refractivity contribution is 0.977. The van der Waals surface area contributed by atoms with Crippen LogP contribution in [-0.2, 0) is 0 Å². The first-order valence-electron chi connectivity index (χ1n) is 41.2. The van der Waals surface area contributed by atoms with Crippen molar-refractivity contribution in [2.24, 2.45) is 0 Å². The molecule has 0 saturated carbocycles. The zero-order valence-electron chi connectivity index (χ0n) is 63.9. The van der Waals surface area contributed by atoms with E-state index in [4.69, 9.17) is 9.97 Å². The lowest BCUT2D eigenvalue weighted by Crippen LogP contribution is -2.06. The minimum atomic E-state index is 0.622. The summed E-state index contributed by atoms with van der Waals surface area (Å²) in [4.78, 5) is 12.0. The molecule has 0 bridgehead atoms. The quantitative estimate of drug-likeness (QED) is 0.172. The van der Waals surface area contributed by atoms with Gasteiger partial charge in [-0.15, -0.1) is 22.7 Å². The fourth-order valence-corrected chi connectivity index (χ4v) is 24.7. The first kappa shape index (κ1) is 62.8. The maximum atomic E-state index is 6.14. The molecule has 11 heterocycles. The highest BCUT2D eigenvalue weighted by atomic mass is 32.1. The van der Waals surface area contributed by atoms with Gasteiger partial charge < -0.3 is 17.9 Å². The van der Waals surface area contributed by atoms with Gasteiger partial charge in [0.05, 0.1) is 97.8 Å². The molecule has 19 aromatic carbocycles. The second-order valence-corrected chi connectivity index (χ2v) is 35.0. The van der Waals surface area contributed by atoms with Crippen LogP contribution >= 0.6 is 22.7 Å². The number of hydrogen-bond donors (Lipinski definition) is 0. The van der Waals surface area contributed by atoms with Crippen molar-refractivity contribution in [3.63, 3.8) is 0 Å². The summed E-state index contributed by atoms with van der Waals surface area (Å²) in [6.07, 6.45) is 0. The summed E-state index contributed by atoms with van der Waals surface area (Å²) in [5, 5.41) is 32.8. The van der Waals surface area contributed by atoms with E-state index in [-0.39, 0.29) is 0 Å². The van der Waals surface area contributed by atoms with E-state index in [1.54, 1.807) is 11.3 Å². The predicted molar refractivity (Wildman–Crippen MR) is 510 cm³/mol. The predicted octanol–water partition coefficient (Wildman–Crippen LogP) is 30.2. The fraction of sp³-hybridized carbons (Fsp3) is 0. The van der Waals surface area contributed by atoms with Gasteiger partial charge in [-0.1, -0.05) is 243 Å². The van der Waals surface area contributed by atoms with Gasteiger partial charge in [0.2, 0.25) is 5.95 Å². The summed E-state index contributed by atoms with van der Waals surface area (Å²) in [5.41, 5.74) is 21.7. The van der Waals surface area contributed by atoms with Crippen molar-refractivity contribution in [2.45, 2.75) is 0 Å². The maximum absolute atomic E-state index is 6.14. The van der Waals surface area contributed by atoms with Crippen molar-refractivity contribution in [3.05, 3.63) is 352 Å². The smallest absolute Gasteiger partial charge is 0.237 e. The van der Waals surface area contributed by atoms with Crippen LogP contribution < -0.4 is 0 Å². The van der Waals surface area contributed by atoms with Crippen LogP contribution in [-0.4, -0.2) is 37.0 Å². The molecular formula is C110H58N8S2. The molecule has 30 aromatic rings. The van der Waals surface area contributed by atoms with Gasteiger partial charge in [-0.25, -0.2) is 4.98 Å². The summed E-state index contributed by atoms with van der Waals surface area (Å²) in [5.74, 6) is 1.47. The third kappa shape index (κ3) is 7.78.